The summed E-state index contributed by atoms with van der Waals surface area (Å²) in [7, 11) is 0. The summed E-state index contributed by atoms with van der Waals surface area (Å²) >= 11 is 0. The minimum Gasteiger partial charge on any atom is -0.377 e. The van der Waals surface area contributed by atoms with Gasteiger partial charge in [-0.05, 0) is 26.2 Å². The Morgan fingerprint density at radius 2 is 1.95 bits per heavy atom. The molecule has 2 aliphatic heterocycles. The Bertz CT molecular complexity index is 402. The van der Waals surface area contributed by atoms with Gasteiger partial charge in [-0.2, -0.15) is 0 Å². The first kappa shape index (κ1) is 16.3. The fraction of sp³-hybridized carbons (Fsp3) is 0.944. The van der Waals surface area contributed by atoms with Gasteiger partial charge in [0.05, 0.1) is 6.10 Å². The molecule has 3 aliphatic rings. The number of carbonyl (C=O) groups is 1. The maximum absolute atomic E-state index is 12.5. The highest BCUT2D eigenvalue weighted by atomic mass is 16.5. The Morgan fingerprint density at radius 3 is 2.64 bits per heavy atom. The molecule has 2 heterocycles. The summed E-state index contributed by atoms with van der Waals surface area (Å²) in [6, 6.07) is 0.744. The van der Waals surface area contributed by atoms with Crippen molar-refractivity contribution in [1.82, 2.24) is 10.2 Å². The molecule has 3 rings (SSSR count). The van der Waals surface area contributed by atoms with Gasteiger partial charge in [0.2, 0.25) is 5.91 Å². The number of rotatable bonds is 4. The lowest BCUT2D eigenvalue weighted by atomic mass is 9.57. The molecule has 2 saturated heterocycles. The first-order valence-electron chi connectivity index (χ1n) is 9.15. The van der Waals surface area contributed by atoms with E-state index < -0.39 is 0 Å². The summed E-state index contributed by atoms with van der Waals surface area (Å²) in [4.78, 5) is 14.6. The number of hydrogen-bond donors (Lipinski definition) is 1. The molecule has 4 nitrogen and oxygen atoms in total. The highest BCUT2D eigenvalue weighted by Crippen LogP contribution is 2.52. The first-order chi connectivity index (χ1) is 10.5. The number of carbonyl (C=O) groups excluding carboxylic acids is 1. The van der Waals surface area contributed by atoms with E-state index >= 15 is 0 Å². The van der Waals surface area contributed by atoms with Crippen LogP contribution in [0.2, 0.25) is 0 Å². The smallest absolute Gasteiger partial charge is 0.224 e. The molecular formula is C18H32N2O2. The third kappa shape index (κ3) is 3.05. The number of fused-ring (bicyclic) bond motifs is 1. The molecule has 0 bridgehead atoms. The Hall–Kier alpha value is -0.610. The van der Waals surface area contributed by atoms with Crippen LogP contribution in [0.15, 0.2) is 0 Å². The second-order valence-corrected chi connectivity index (χ2v) is 8.11. The van der Waals surface area contributed by atoms with Crippen LogP contribution in [0.4, 0.5) is 0 Å². The third-order valence-corrected chi connectivity index (χ3v) is 6.00. The largest absolute Gasteiger partial charge is 0.377 e. The molecule has 0 radical (unpaired) electrons. The van der Waals surface area contributed by atoms with Crippen molar-refractivity contribution in [2.75, 3.05) is 19.7 Å². The molecule has 126 valence electrons. The van der Waals surface area contributed by atoms with Gasteiger partial charge in [-0.15, -0.1) is 0 Å². The molecule has 0 aromatic rings. The van der Waals surface area contributed by atoms with E-state index in [4.69, 9.17) is 4.74 Å². The lowest BCUT2D eigenvalue weighted by Gasteiger charge is -2.55. The molecule has 3 fully saturated rings. The van der Waals surface area contributed by atoms with E-state index in [9.17, 15) is 4.79 Å². The molecule has 1 amide bonds. The van der Waals surface area contributed by atoms with E-state index in [0.717, 1.165) is 19.7 Å². The van der Waals surface area contributed by atoms with Crippen molar-refractivity contribution in [2.45, 2.75) is 77.5 Å². The van der Waals surface area contributed by atoms with Gasteiger partial charge in [-0.25, -0.2) is 0 Å². The van der Waals surface area contributed by atoms with Crippen LogP contribution in [0, 0.1) is 11.3 Å². The van der Waals surface area contributed by atoms with Crippen molar-refractivity contribution in [3.05, 3.63) is 0 Å². The molecule has 0 spiro atoms. The number of ether oxygens (including phenoxy) is 1. The Kier molecular flexibility index (Phi) is 4.79. The number of nitrogens with one attached hydrogen (secondary N) is 1. The third-order valence-electron chi connectivity index (χ3n) is 6.00. The summed E-state index contributed by atoms with van der Waals surface area (Å²) in [6.07, 6.45) is 7.10. The zero-order valence-corrected chi connectivity index (χ0v) is 14.4. The summed E-state index contributed by atoms with van der Waals surface area (Å²) < 4.78 is 5.85. The summed E-state index contributed by atoms with van der Waals surface area (Å²) in [5, 5.41) is 3.74. The number of hydrogen-bond acceptors (Lipinski definition) is 3. The van der Waals surface area contributed by atoms with Gasteiger partial charge in [-0.3, -0.25) is 4.79 Å². The Morgan fingerprint density at radius 1 is 1.27 bits per heavy atom. The predicted octanol–water partition coefficient (Wildman–Crippen LogP) is 2.57. The summed E-state index contributed by atoms with van der Waals surface area (Å²) in [5.41, 5.74) is 0.196. The second kappa shape index (κ2) is 6.48. The van der Waals surface area contributed by atoms with Crippen molar-refractivity contribution in [1.29, 1.82) is 0 Å². The second-order valence-electron chi connectivity index (χ2n) is 8.11. The molecular weight excluding hydrogens is 276 g/mol. The van der Waals surface area contributed by atoms with Crippen LogP contribution in [0.25, 0.3) is 0 Å². The van der Waals surface area contributed by atoms with Crippen molar-refractivity contribution in [3.63, 3.8) is 0 Å². The fourth-order valence-corrected chi connectivity index (χ4v) is 4.74. The highest BCUT2D eigenvalue weighted by molar-refractivity contribution is 5.76. The minimum atomic E-state index is 0.196. The normalized spacial score (nSPS) is 35.4. The van der Waals surface area contributed by atoms with Crippen molar-refractivity contribution in [3.8, 4) is 0 Å². The van der Waals surface area contributed by atoms with Crippen LogP contribution < -0.4 is 5.32 Å². The highest BCUT2D eigenvalue weighted by Gasteiger charge is 2.59. The fourth-order valence-electron chi connectivity index (χ4n) is 4.74. The summed E-state index contributed by atoms with van der Waals surface area (Å²) in [6.45, 7) is 9.56. The molecule has 1 N–H and O–H groups in total. The van der Waals surface area contributed by atoms with Crippen molar-refractivity contribution < 1.29 is 9.53 Å². The van der Waals surface area contributed by atoms with E-state index in [1.54, 1.807) is 0 Å². The SMILES string of the molecule is CC(CC(=O)N1CCCCCC1)NC1C2CCOC2C1(C)C. The summed E-state index contributed by atoms with van der Waals surface area (Å²) in [5.74, 6) is 0.976. The van der Waals surface area contributed by atoms with Gasteiger partial charge in [0.1, 0.15) is 0 Å². The van der Waals surface area contributed by atoms with Gasteiger partial charge in [0, 0.05) is 49.5 Å². The maximum atomic E-state index is 12.5. The van der Waals surface area contributed by atoms with Gasteiger partial charge in [0.25, 0.3) is 0 Å². The monoisotopic (exact) mass is 308 g/mol. The topological polar surface area (TPSA) is 41.6 Å². The van der Waals surface area contributed by atoms with E-state index in [1.165, 1.54) is 32.1 Å². The minimum absolute atomic E-state index is 0.196. The molecule has 22 heavy (non-hydrogen) atoms. The van der Waals surface area contributed by atoms with Crippen LogP contribution in [0.5, 0.6) is 0 Å². The number of likely N-dealkylation sites (tertiary alicyclic amines) is 1. The van der Waals surface area contributed by atoms with Gasteiger partial charge >= 0.3 is 0 Å². The van der Waals surface area contributed by atoms with Crippen LogP contribution in [-0.4, -0.2) is 48.7 Å². The van der Waals surface area contributed by atoms with Gasteiger partial charge < -0.3 is 15.0 Å². The van der Waals surface area contributed by atoms with Gasteiger partial charge in [-0.1, -0.05) is 26.7 Å². The standard InChI is InChI=1S/C18H32N2O2/c1-13(12-15(21)20-9-6-4-5-7-10-20)19-16-14-8-11-22-17(14)18(16,2)3/h13-14,16-17,19H,4-12H2,1-3H3. The average molecular weight is 308 g/mol. The molecule has 1 saturated carbocycles. The number of amides is 1. The molecule has 0 aromatic carbocycles. The molecule has 4 unspecified atom stereocenters. The number of nitrogens with zero attached hydrogens (tertiary/aromatic N) is 1. The van der Waals surface area contributed by atoms with E-state index in [0.29, 0.717) is 30.4 Å². The first-order valence-corrected chi connectivity index (χ1v) is 9.15. The van der Waals surface area contributed by atoms with Crippen molar-refractivity contribution in [2.24, 2.45) is 11.3 Å². The zero-order valence-electron chi connectivity index (χ0n) is 14.4. The predicted molar refractivity (Wildman–Crippen MR) is 87.7 cm³/mol. The zero-order chi connectivity index (χ0) is 15.7. The van der Waals surface area contributed by atoms with Crippen LogP contribution in [0.3, 0.4) is 0 Å². The van der Waals surface area contributed by atoms with E-state index in [1.807, 2.05) is 0 Å². The Labute approximate surface area is 135 Å². The lowest BCUT2D eigenvalue weighted by Crippen LogP contribution is -2.67. The quantitative estimate of drug-likeness (QED) is 0.868. The van der Waals surface area contributed by atoms with Crippen LogP contribution >= 0.6 is 0 Å². The van der Waals surface area contributed by atoms with Crippen molar-refractivity contribution >= 4 is 5.91 Å². The van der Waals surface area contributed by atoms with E-state index in [-0.39, 0.29) is 11.5 Å². The van der Waals surface area contributed by atoms with Crippen LogP contribution in [0.1, 0.15) is 59.3 Å². The average Bonchev–Trinajstić information content (AvgIpc) is 2.75. The maximum Gasteiger partial charge on any atom is 0.224 e. The van der Waals surface area contributed by atoms with E-state index in [2.05, 4.69) is 31.0 Å². The lowest BCUT2D eigenvalue weighted by molar-refractivity contribution is -0.133. The molecule has 4 atom stereocenters. The molecule has 0 aromatic heterocycles. The van der Waals surface area contributed by atoms with Gasteiger partial charge in [0.15, 0.2) is 0 Å². The molecule has 1 aliphatic carbocycles. The van der Waals surface area contributed by atoms with Crippen LogP contribution in [-0.2, 0) is 9.53 Å². The Balaban J connectivity index is 1.49. The molecule has 4 heteroatoms.